The molecular formula is C9H19O4P. The third-order valence-corrected chi connectivity index (χ3v) is 4.58. The van der Waals surface area contributed by atoms with Gasteiger partial charge in [-0.1, -0.05) is 13.2 Å². The van der Waals surface area contributed by atoms with Crippen molar-refractivity contribution in [3.8, 4) is 0 Å². The number of rotatable bonds is 2. The van der Waals surface area contributed by atoms with Crippen LogP contribution in [-0.2, 0) is 4.52 Å². The fourth-order valence-corrected chi connectivity index (χ4v) is 3.19. The molecule has 14 heavy (non-hydrogen) atoms. The molecule has 1 rings (SSSR count). The molecule has 4 nitrogen and oxygen atoms in total. The molecular weight excluding hydrogens is 203 g/mol. The lowest BCUT2D eigenvalue weighted by Crippen LogP contribution is -2.47. The zero-order valence-corrected chi connectivity index (χ0v) is 9.60. The third-order valence-electron chi connectivity index (χ3n) is 2.76. The summed E-state index contributed by atoms with van der Waals surface area (Å²) in [5.74, 6) is -0.427. The minimum Gasteiger partial charge on any atom is -0.393 e. The first-order valence-corrected chi connectivity index (χ1v) is 6.44. The minimum absolute atomic E-state index is 0.0677. The minimum atomic E-state index is -1.53. The van der Waals surface area contributed by atoms with Gasteiger partial charge in [0, 0.05) is 7.77 Å². The maximum absolute atomic E-state index is 9.80. The van der Waals surface area contributed by atoms with Gasteiger partial charge < -0.3 is 19.8 Å². The number of aliphatic hydroxyl groups excluding tert-OH is 2. The van der Waals surface area contributed by atoms with Crippen molar-refractivity contribution in [3.05, 3.63) is 0 Å². The van der Waals surface area contributed by atoms with Crippen LogP contribution < -0.4 is 0 Å². The maximum Gasteiger partial charge on any atom is 0.111 e. The molecule has 0 spiro atoms. The molecule has 5 atom stereocenters. The van der Waals surface area contributed by atoms with Crippen molar-refractivity contribution in [1.82, 2.24) is 0 Å². The summed E-state index contributed by atoms with van der Waals surface area (Å²) in [6.07, 6.45) is 3.90. The second-order valence-electron chi connectivity index (χ2n) is 4.25. The van der Waals surface area contributed by atoms with Crippen molar-refractivity contribution in [2.45, 2.75) is 37.8 Å². The lowest BCUT2D eigenvalue weighted by Gasteiger charge is -2.40. The molecule has 3 N–H and O–H groups in total. The van der Waals surface area contributed by atoms with E-state index in [0.29, 0.717) is 6.42 Å². The summed E-state index contributed by atoms with van der Waals surface area (Å²) in [6.45, 7) is 3.11. The highest BCUT2D eigenvalue weighted by atomic mass is 31.1. The summed E-state index contributed by atoms with van der Waals surface area (Å²) in [7, 11) is -1.53. The summed E-state index contributed by atoms with van der Waals surface area (Å²) >= 11 is 0. The van der Waals surface area contributed by atoms with Crippen LogP contribution in [0.1, 0.15) is 20.3 Å². The molecule has 1 aliphatic rings. The first kappa shape index (κ1) is 12.2. The highest BCUT2D eigenvalue weighted by Crippen LogP contribution is 2.44. The van der Waals surface area contributed by atoms with E-state index in [1.54, 1.807) is 0 Å². The highest BCUT2D eigenvalue weighted by molar-refractivity contribution is 7.51. The Morgan fingerprint density at radius 1 is 1.64 bits per heavy atom. The number of hydrogen-bond donors (Lipinski definition) is 3. The third kappa shape index (κ3) is 2.38. The first-order valence-electron chi connectivity index (χ1n) is 4.75. The molecule has 1 saturated heterocycles. The highest BCUT2D eigenvalue weighted by Gasteiger charge is 2.39. The van der Waals surface area contributed by atoms with Crippen molar-refractivity contribution in [2.24, 2.45) is 5.92 Å². The molecule has 5 heteroatoms. The van der Waals surface area contributed by atoms with Crippen LogP contribution in [0.5, 0.6) is 0 Å². The van der Waals surface area contributed by atoms with E-state index in [-0.39, 0.29) is 12.5 Å². The zero-order chi connectivity index (χ0) is 10.9. The van der Waals surface area contributed by atoms with Crippen LogP contribution >= 0.6 is 7.77 Å². The maximum atomic E-state index is 9.80. The Labute approximate surface area is 85.0 Å². The predicted octanol–water partition coefficient (Wildman–Crippen LogP) is 0.0343. The van der Waals surface area contributed by atoms with Crippen LogP contribution in [0.4, 0.5) is 0 Å². The SMILES string of the molecule is C=[PH]1OC(C(C)(O)CO)CC(C)C1O. The van der Waals surface area contributed by atoms with Crippen LogP contribution in [0.2, 0.25) is 0 Å². The predicted molar refractivity (Wildman–Crippen MR) is 57.8 cm³/mol. The van der Waals surface area contributed by atoms with Crippen LogP contribution in [0.25, 0.3) is 0 Å². The molecule has 0 aromatic carbocycles. The second kappa shape index (κ2) is 4.33. The molecule has 0 aromatic heterocycles. The van der Waals surface area contributed by atoms with Crippen molar-refractivity contribution in [3.63, 3.8) is 0 Å². The van der Waals surface area contributed by atoms with Gasteiger partial charge in [0.2, 0.25) is 0 Å². The van der Waals surface area contributed by atoms with E-state index in [1.165, 1.54) is 6.92 Å². The van der Waals surface area contributed by atoms with Crippen molar-refractivity contribution in [2.75, 3.05) is 6.61 Å². The van der Waals surface area contributed by atoms with E-state index in [4.69, 9.17) is 9.63 Å². The van der Waals surface area contributed by atoms with Gasteiger partial charge in [-0.05, 0) is 19.3 Å². The average Bonchev–Trinajstić information content (AvgIpc) is 2.13. The van der Waals surface area contributed by atoms with E-state index in [9.17, 15) is 10.2 Å². The molecule has 0 saturated carbocycles. The fraction of sp³-hybridized carbons (Fsp3) is 0.889. The quantitative estimate of drug-likeness (QED) is 0.577. The summed E-state index contributed by atoms with van der Waals surface area (Å²) in [5, 5.41) is 28.4. The Bertz CT molecular complexity index is 229. The Balaban J connectivity index is 2.71. The van der Waals surface area contributed by atoms with Gasteiger partial charge in [-0.3, -0.25) is 0 Å². The molecule has 1 aliphatic heterocycles. The summed E-state index contributed by atoms with van der Waals surface area (Å²) in [5.41, 5.74) is -1.23. The van der Waals surface area contributed by atoms with Gasteiger partial charge in [0.25, 0.3) is 0 Å². The second-order valence-corrected chi connectivity index (χ2v) is 6.01. The van der Waals surface area contributed by atoms with Crippen LogP contribution in [0, 0.1) is 5.92 Å². The molecule has 1 fully saturated rings. The first-order chi connectivity index (χ1) is 6.38. The molecule has 5 unspecified atom stereocenters. The standard InChI is InChI=1S/C9H19O4P/c1-6-4-7(9(2,12)5-10)13-14(3)8(6)11/h6-8,10-12,14H,3-5H2,1-2H3. The lowest BCUT2D eigenvalue weighted by atomic mass is 9.92. The average molecular weight is 222 g/mol. The Hall–Kier alpha value is 0.140. The summed E-state index contributed by atoms with van der Waals surface area (Å²) in [6, 6.07) is 0. The smallest absolute Gasteiger partial charge is 0.111 e. The number of hydrogen-bond acceptors (Lipinski definition) is 4. The number of aliphatic hydroxyl groups is 3. The molecule has 0 bridgehead atoms. The van der Waals surface area contributed by atoms with Gasteiger partial charge in [-0.15, -0.1) is 0 Å². The van der Waals surface area contributed by atoms with Gasteiger partial charge in [0.15, 0.2) is 0 Å². The topological polar surface area (TPSA) is 69.9 Å². The van der Waals surface area contributed by atoms with Crippen molar-refractivity contribution in [1.29, 1.82) is 0 Å². The molecule has 84 valence electrons. The van der Waals surface area contributed by atoms with Gasteiger partial charge in [0.05, 0.1) is 18.6 Å². The van der Waals surface area contributed by atoms with Gasteiger partial charge in [0.1, 0.15) is 5.60 Å². The molecule has 0 amide bonds. The summed E-state index contributed by atoms with van der Waals surface area (Å²) in [4.78, 5) is 0. The summed E-state index contributed by atoms with van der Waals surface area (Å²) < 4.78 is 5.46. The molecule has 0 aromatic rings. The van der Waals surface area contributed by atoms with Gasteiger partial charge in [-0.2, -0.15) is 0 Å². The largest absolute Gasteiger partial charge is 0.393 e. The van der Waals surface area contributed by atoms with Crippen LogP contribution in [0.3, 0.4) is 0 Å². The Kier molecular flexibility index (Phi) is 3.78. The van der Waals surface area contributed by atoms with E-state index in [1.807, 2.05) is 6.92 Å². The fourth-order valence-electron chi connectivity index (χ4n) is 1.57. The van der Waals surface area contributed by atoms with E-state index in [2.05, 4.69) is 6.30 Å². The normalized spacial score (nSPS) is 43.2. The molecule has 0 radical (unpaired) electrons. The van der Waals surface area contributed by atoms with Gasteiger partial charge >= 0.3 is 0 Å². The van der Waals surface area contributed by atoms with E-state index >= 15 is 0 Å². The Morgan fingerprint density at radius 2 is 2.21 bits per heavy atom. The monoisotopic (exact) mass is 222 g/mol. The van der Waals surface area contributed by atoms with Crippen molar-refractivity contribution >= 4 is 14.1 Å². The van der Waals surface area contributed by atoms with Crippen LogP contribution in [0.15, 0.2) is 0 Å². The lowest BCUT2D eigenvalue weighted by molar-refractivity contribution is -0.0956. The van der Waals surface area contributed by atoms with Gasteiger partial charge in [-0.25, -0.2) is 0 Å². The zero-order valence-electron chi connectivity index (χ0n) is 8.60. The van der Waals surface area contributed by atoms with E-state index < -0.39 is 25.3 Å². The van der Waals surface area contributed by atoms with Crippen LogP contribution in [-0.4, -0.2) is 45.8 Å². The molecule has 0 aliphatic carbocycles. The molecule has 1 heterocycles. The Morgan fingerprint density at radius 3 is 2.64 bits per heavy atom. The van der Waals surface area contributed by atoms with Crippen molar-refractivity contribution < 1.29 is 19.8 Å². The van der Waals surface area contributed by atoms with E-state index in [0.717, 1.165) is 0 Å².